The molecule has 2 heterocycles. The van der Waals surface area contributed by atoms with Gasteiger partial charge in [-0.2, -0.15) is 0 Å². The number of hydrogen-bond acceptors (Lipinski definition) is 3. The van der Waals surface area contributed by atoms with E-state index in [9.17, 15) is 4.79 Å². The highest BCUT2D eigenvalue weighted by atomic mass is 16.4. The van der Waals surface area contributed by atoms with Gasteiger partial charge in [0.1, 0.15) is 6.04 Å². The Kier molecular flexibility index (Phi) is 2.97. The molecule has 0 spiro atoms. The lowest BCUT2D eigenvalue weighted by atomic mass is 9.99. The van der Waals surface area contributed by atoms with Crippen molar-refractivity contribution in [3.05, 3.63) is 30.1 Å². The van der Waals surface area contributed by atoms with Crippen molar-refractivity contribution < 1.29 is 9.90 Å². The zero-order chi connectivity index (χ0) is 10.7. The van der Waals surface area contributed by atoms with Gasteiger partial charge in [0, 0.05) is 11.9 Å². The summed E-state index contributed by atoms with van der Waals surface area (Å²) in [5.41, 5.74) is 1.04. The van der Waals surface area contributed by atoms with Gasteiger partial charge < -0.3 is 10.4 Å². The second kappa shape index (κ2) is 4.40. The van der Waals surface area contributed by atoms with E-state index in [-0.39, 0.29) is 6.04 Å². The molecule has 0 bridgehead atoms. The van der Waals surface area contributed by atoms with Gasteiger partial charge in [0.05, 0.1) is 0 Å². The van der Waals surface area contributed by atoms with E-state index in [1.807, 2.05) is 18.2 Å². The van der Waals surface area contributed by atoms with Crippen LogP contribution in [-0.2, 0) is 11.2 Å². The number of carboxylic acid groups (broad SMARTS) is 1. The first-order valence-corrected chi connectivity index (χ1v) is 5.12. The van der Waals surface area contributed by atoms with Crippen LogP contribution in [0.2, 0.25) is 0 Å². The predicted octanol–water partition coefficient (Wildman–Crippen LogP) is 0.687. The topological polar surface area (TPSA) is 62.2 Å². The van der Waals surface area contributed by atoms with E-state index in [1.165, 1.54) is 0 Å². The van der Waals surface area contributed by atoms with Gasteiger partial charge >= 0.3 is 5.97 Å². The minimum absolute atomic E-state index is 0.376. The molecule has 2 atom stereocenters. The molecule has 1 aliphatic rings. The van der Waals surface area contributed by atoms with E-state index in [2.05, 4.69) is 10.3 Å². The standard InChI is InChI=1S/C11H14N2O2/c14-11(15)10-6-8(7-13-10)5-9-3-1-2-4-12-9/h1-4,8,10,13H,5-7H2,(H,14,15)/t8-,10+/m1/s1. The molecule has 2 rings (SSSR count). The molecule has 4 heteroatoms. The summed E-state index contributed by atoms with van der Waals surface area (Å²) in [6.07, 6.45) is 3.33. The molecular weight excluding hydrogens is 192 g/mol. The molecule has 15 heavy (non-hydrogen) atoms. The van der Waals surface area contributed by atoms with E-state index in [1.54, 1.807) is 6.20 Å². The Labute approximate surface area is 88.3 Å². The monoisotopic (exact) mass is 206 g/mol. The highest BCUT2D eigenvalue weighted by molar-refractivity contribution is 5.73. The second-order valence-electron chi connectivity index (χ2n) is 3.93. The van der Waals surface area contributed by atoms with Crippen molar-refractivity contribution >= 4 is 5.97 Å². The maximum atomic E-state index is 10.7. The molecule has 4 nitrogen and oxygen atoms in total. The number of hydrogen-bond donors (Lipinski definition) is 2. The summed E-state index contributed by atoms with van der Waals surface area (Å²) >= 11 is 0. The van der Waals surface area contributed by atoms with Crippen LogP contribution in [0.15, 0.2) is 24.4 Å². The van der Waals surface area contributed by atoms with Crippen molar-refractivity contribution in [2.24, 2.45) is 5.92 Å². The number of carboxylic acids is 1. The fraction of sp³-hybridized carbons (Fsp3) is 0.455. The highest BCUT2D eigenvalue weighted by Crippen LogP contribution is 2.18. The van der Waals surface area contributed by atoms with Gasteiger partial charge in [0.15, 0.2) is 0 Å². The van der Waals surface area contributed by atoms with Crippen LogP contribution in [-0.4, -0.2) is 28.6 Å². The molecule has 0 aromatic carbocycles. The van der Waals surface area contributed by atoms with E-state index in [0.29, 0.717) is 12.3 Å². The second-order valence-corrected chi connectivity index (χ2v) is 3.93. The van der Waals surface area contributed by atoms with Gasteiger partial charge in [-0.3, -0.25) is 9.78 Å². The van der Waals surface area contributed by atoms with Crippen LogP contribution in [0.4, 0.5) is 0 Å². The van der Waals surface area contributed by atoms with Crippen molar-refractivity contribution in [2.45, 2.75) is 18.9 Å². The minimum Gasteiger partial charge on any atom is -0.480 e. The van der Waals surface area contributed by atoms with Gasteiger partial charge in [0.25, 0.3) is 0 Å². The van der Waals surface area contributed by atoms with Crippen molar-refractivity contribution in [1.29, 1.82) is 0 Å². The summed E-state index contributed by atoms with van der Waals surface area (Å²) in [5.74, 6) is -0.362. The zero-order valence-electron chi connectivity index (χ0n) is 8.39. The summed E-state index contributed by atoms with van der Waals surface area (Å²) < 4.78 is 0. The maximum Gasteiger partial charge on any atom is 0.320 e. The molecule has 2 N–H and O–H groups in total. The van der Waals surface area contributed by atoms with Crippen LogP contribution in [0.25, 0.3) is 0 Å². The average Bonchev–Trinajstić information content (AvgIpc) is 2.68. The summed E-state index contributed by atoms with van der Waals surface area (Å²) in [7, 11) is 0. The molecule has 0 amide bonds. The number of carbonyl (C=O) groups is 1. The number of aliphatic carboxylic acids is 1. The summed E-state index contributed by atoms with van der Waals surface area (Å²) in [4.78, 5) is 15.0. The molecule has 0 aliphatic carbocycles. The molecular formula is C11H14N2O2. The van der Waals surface area contributed by atoms with Gasteiger partial charge in [0.2, 0.25) is 0 Å². The Hall–Kier alpha value is -1.42. The molecule has 1 saturated heterocycles. The quantitative estimate of drug-likeness (QED) is 0.763. The van der Waals surface area contributed by atoms with Crippen LogP contribution >= 0.6 is 0 Å². The van der Waals surface area contributed by atoms with E-state index < -0.39 is 5.97 Å². The number of rotatable bonds is 3. The molecule has 1 fully saturated rings. The third-order valence-electron chi connectivity index (χ3n) is 2.74. The first-order valence-electron chi connectivity index (χ1n) is 5.12. The molecule has 1 aliphatic heterocycles. The lowest BCUT2D eigenvalue weighted by Gasteiger charge is -2.06. The van der Waals surface area contributed by atoms with Crippen LogP contribution < -0.4 is 5.32 Å². The largest absolute Gasteiger partial charge is 0.480 e. The normalized spacial score (nSPS) is 25.3. The SMILES string of the molecule is O=C(O)[C@@H]1C[C@@H](Cc2ccccn2)CN1. The zero-order valence-corrected chi connectivity index (χ0v) is 8.39. The van der Waals surface area contributed by atoms with Gasteiger partial charge in [-0.25, -0.2) is 0 Å². The van der Waals surface area contributed by atoms with E-state index in [4.69, 9.17) is 5.11 Å². The smallest absolute Gasteiger partial charge is 0.320 e. The van der Waals surface area contributed by atoms with Crippen molar-refractivity contribution in [1.82, 2.24) is 10.3 Å². The summed E-state index contributed by atoms with van der Waals surface area (Å²) in [6, 6.07) is 5.45. The van der Waals surface area contributed by atoms with Crippen LogP contribution in [0.3, 0.4) is 0 Å². The van der Waals surface area contributed by atoms with Crippen LogP contribution in [0, 0.1) is 5.92 Å². The Morgan fingerprint density at radius 1 is 1.60 bits per heavy atom. The van der Waals surface area contributed by atoms with Gasteiger partial charge in [-0.05, 0) is 37.4 Å². The third kappa shape index (κ3) is 2.53. The number of nitrogens with one attached hydrogen (secondary N) is 1. The molecule has 1 aromatic heterocycles. The molecule has 0 radical (unpaired) electrons. The van der Waals surface area contributed by atoms with Crippen molar-refractivity contribution in [3.8, 4) is 0 Å². The number of nitrogens with zero attached hydrogens (tertiary/aromatic N) is 1. The highest BCUT2D eigenvalue weighted by Gasteiger charge is 2.29. The first kappa shape index (κ1) is 10.1. The fourth-order valence-corrected chi connectivity index (χ4v) is 1.97. The lowest BCUT2D eigenvalue weighted by molar-refractivity contribution is -0.139. The molecule has 80 valence electrons. The molecule has 0 saturated carbocycles. The maximum absolute atomic E-state index is 10.7. The van der Waals surface area contributed by atoms with Crippen molar-refractivity contribution in [3.63, 3.8) is 0 Å². The summed E-state index contributed by atoms with van der Waals surface area (Å²) in [6.45, 7) is 0.771. The first-order chi connectivity index (χ1) is 7.25. The molecule has 0 unspecified atom stereocenters. The predicted molar refractivity (Wildman–Crippen MR) is 55.5 cm³/mol. The van der Waals surface area contributed by atoms with E-state index >= 15 is 0 Å². The average molecular weight is 206 g/mol. The van der Waals surface area contributed by atoms with Crippen LogP contribution in [0.5, 0.6) is 0 Å². The summed E-state index contributed by atoms with van der Waals surface area (Å²) in [5, 5.41) is 11.8. The lowest BCUT2D eigenvalue weighted by Crippen LogP contribution is -2.29. The Morgan fingerprint density at radius 2 is 2.47 bits per heavy atom. The number of aromatic nitrogens is 1. The Morgan fingerprint density at radius 3 is 3.07 bits per heavy atom. The molecule has 1 aromatic rings. The van der Waals surface area contributed by atoms with Gasteiger partial charge in [-0.1, -0.05) is 6.07 Å². The van der Waals surface area contributed by atoms with Gasteiger partial charge in [-0.15, -0.1) is 0 Å². The van der Waals surface area contributed by atoms with Crippen LogP contribution in [0.1, 0.15) is 12.1 Å². The Balaban J connectivity index is 1.90. The van der Waals surface area contributed by atoms with E-state index in [0.717, 1.165) is 18.7 Å². The minimum atomic E-state index is -0.751. The number of pyridine rings is 1. The Bertz CT molecular complexity index is 340. The fourth-order valence-electron chi connectivity index (χ4n) is 1.97. The third-order valence-corrected chi connectivity index (χ3v) is 2.74. The van der Waals surface area contributed by atoms with Crippen molar-refractivity contribution in [2.75, 3.05) is 6.54 Å².